The number of amides is 1. The minimum atomic E-state index is -0.524. The van der Waals surface area contributed by atoms with E-state index >= 15 is 0 Å². The van der Waals surface area contributed by atoms with Crippen LogP contribution in [-0.2, 0) is 20.7 Å². The Morgan fingerprint density at radius 3 is 2.43 bits per heavy atom. The summed E-state index contributed by atoms with van der Waals surface area (Å²) in [5.41, 5.74) is 6.81. The zero-order valence-electron chi connectivity index (χ0n) is 13.8. The number of benzene rings is 1. The Morgan fingerprint density at radius 2 is 1.87 bits per heavy atom. The van der Waals surface area contributed by atoms with Gasteiger partial charge in [0.2, 0.25) is 5.91 Å². The van der Waals surface area contributed by atoms with Crippen molar-refractivity contribution in [3.05, 3.63) is 35.9 Å². The third kappa shape index (κ3) is 8.00. The largest absolute Gasteiger partial charge is 0.466 e. The van der Waals surface area contributed by atoms with Crippen LogP contribution < -0.4 is 11.1 Å². The molecule has 2 atom stereocenters. The fourth-order valence-corrected chi connectivity index (χ4v) is 2.19. The Morgan fingerprint density at radius 1 is 1.22 bits per heavy atom. The number of rotatable bonds is 9. The summed E-state index contributed by atoms with van der Waals surface area (Å²) in [6, 6.07) is 9.16. The number of nitrogens with one attached hydrogen (secondary N) is 1. The zero-order chi connectivity index (χ0) is 16.4. The molecule has 0 heterocycles. The summed E-state index contributed by atoms with van der Waals surface area (Å²) < 4.78 is 5.10. The van der Waals surface area contributed by atoms with Crippen LogP contribution in [0.25, 0.3) is 0 Å². The highest BCUT2D eigenvalue weighted by Gasteiger charge is 2.22. The second kappa shape index (κ2) is 11.9. The number of carbonyl (C=O) groups is 2. The molecule has 0 saturated carbocycles. The molecular weight excluding hydrogens is 316 g/mol. The number of ether oxygens (including phenoxy) is 1. The van der Waals surface area contributed by atoms with Crippen molar-refractivity contribution in [3.8, 4) is 0 Å². The van der Waals surface area contributed by atoms with Crippen molar-refractivity contribution in [1.82, 2.24) is 5.32 Å². The molecule has 0 fully saturated rings. The quantitative estimate of drug-likeness (QED) is 0.673. The molecule has 0 aliphatic heterocycles. The van der Waals surface area contributed by atoms with Gasteiger partial charge in [-0.2, -0.15) is 0 Å². The third-order valence-corrected chi connectivity index (χ3v) is 3.40. The molecule has 5 nitrogen and oxygen atoms in total. The van der Waals surface area contributed by atoms with Gasteiger partial charge in [-0.25, -0.2) is 0 Å². The van der Waals surface area contributed by atoms with Gasteiger partial charge in [0.25, 0.3) is 0 Å². The van der Waals surface area contributed by atoms with Gasteiger partial charge in [-0.05, 0) is 25.3 Å². The number of hydrogen-bond acceptors (Lipinski definition) is 4. The van der Waals surface area contributed by atoms with Crippen LogP contribution in [0.3, 0.4) is 0 Å². The van der Waals surface area contributed by atoms with Crippen molar-refractivity contribution in [3.63, 3.8) is 0 Å². The lowest BCUT2D eigenvalue weighted by Crippen LogP contribution is -2.44. The highest BCUT2D eigenvalue weighted by atomic mass is 35.5. The molecule has 1 aromatic carbocycles. The number of esters is 1. The Labute approximate surface area is 144 Å². The van der Waals surface area contributed by atoms with Gasteiger partial charge < -0.3 is 15.8 Å². The van der Waals surface area contributed by atoms with Gasteiger partial charge in [0.1, 0.15) is 0 Å². The van der Waals surface area contributed by atoms with E-state index in [9.17, 15) is 9.59 Å². The van der Waals surface area contributed by atoms with Gasteiger partial charge in [0.05, 0.1) is 18.6 Å². The fraction of sp³-hybridized carbons (Fsp3) is 0.529. The van der Waals surface area contributed by atoms with Crippen molar-refractivity contribution in [2.75, 3.05) is 13.2 Å². The summed E-state index contributed by atoms with van der Waals surface area (Å²) in [4.78, 5) is 23.9. The van der Waals surface area contributed by atoms with E-state index in [2.05, 4.69) is 5.32 Å². The van der Waals surface area contributed by atoms with Crippen molar-refractivity contribution in [1.29, 1.82) is 0 Å². The summed E-state index contributed by atoms with van der Waals surface area (Å²) in [5.74, 6) is -0.917. The van der Waals surface area contributed by atoms with E-state index < -0.39 is 12.0 Å². The monoisotopic (exact) mass is 342 g/mol. The molecule has 3 N–H and O–H groups in total. The second-order valence-electron chi connectivity index (χ2n) is 5.28. The molecule has 6 heteroatoms. The average molecular weight is 343 g/mol. The molecule has 23 heavy (non-hydrogen) atoms. The van der Waals surface area contributed by atoms with Crippen LogP contribution in [0.4, 0.5) is 0 Å². The van der Waals surface area contributed by atoms with Crippen LogP contribution in [0.5, 0.6) is 0 Å². The van der Waals surface area contributed by atoms with E-state index in [0.29, 0.717) is 19.4 Å². The lowest BCUT2D eigenvalue weighted by molar-refractivity contribution is -0.147. The summed E-state index contributed by atoms with van der Waals surface area (Å²) >= 11 is 0. The topological polar surface area (TPSA) is 81.4 Å². The molecular formula is C17H27ClN2O3. The minimum Gasteiger partial charge on any atom is -0.466 e. The lowest BCUT2D eigenvalue weighted by atomic mass is 9.99. The summed E-state index contributed by atoms with van der Waals surface area (Å²) in [6.07, 6.45) is 2.01. The first-order chi connectivity index (χ1) is 10.6. The van der Waals surface area contributed by atoms with E-state index in [1.807, 2.05) is 37.3 Å². The van der Waals surface area contributed by atoms with Crippen molar-refractivity contribution >= 4 is 24.3 Å². The number of carbonyl (C=O) groups excluding carboxylic acids is 2. The van der Waals surface area contributed by atoms with E-state index in [-0.39, 0.29) is 30.8 Å². The van der Waals surface area contributed by atoms with Crippen LogP contribution in [-0.4, -0.2) is 31.1 Å². The number of hydrogen-bond donors (Lipinski definition) is 2. The average Bonchev–Trinajstić information content (AvgIpc) is 2.52. The Hall–Kier alpha value is -1.59. The van der Waals surface area contributed by atoms with Crippen molar-refractivity contribution in [2.45, 2.75) is 39.2 Å². The first-order valence-corrected chi connectivity index (χ1v) is 7.82. The van der Waals surface area contributed by atoms with Crippen LogP contribution in [0, 0.1) is 5.92 Å². The standard InChI is InChI=1S/C17H26N2O3.ClH/c1-3-8-15(18)16(20)19-12-14(17(21)22-4-2)11-13-9-6-5-7-10-13;/h5-7,9-10,14-15H,3-4,8,11-12,18H2,1-2H3,(H,19,20);1H. The smallest absolute Gasteiger partial charge is 0.311 e. The van der Waals surface area contributed by atoms with Crippen LogP contribution >= 0.6 is 12.4 Å². The van der Waals surface area contributed by atoms with Crippen LogP contribution in [0.2, 0.25) is 0 Å². The Balaban J connectivity index is 0.00000484. The van der Waals surface area contributed by atoms with E-state index in [4.69, 9.17) is 10.5 Å². The molecule has 1 amide bonds. The van der Waals surface area contributed by atoms with Crippen LogP contribution in [0.15, 0.2) is 30.3 Å². The molecule has 0 radical (unpaired) electrons. The van der Waals surface area contributed by atoms with Gasteiger partial charge in [0, 0.05) is 6.54 Å². The molecule has 2 unspecified atom stereocenters. The first-order valence-electron chi connectivity index (χ1n) is 7.82. The first kappa shape index (κ1) is 21.4. The Bertz CT molecular complexity index is 468. The van der Waals surface area contributed by atoms with E-state index in [0.717, 1.165) is 12.0 Å². The van der Waals surface area contributed by atoms with Gasteiger partial charge in [-0.3, -0.25) is 9.59 Å². The van der Waals surface area contributed by atoms with Gasteiger partial charge in [-0.1, -0.05) is 43.7 Å². The maximum Gasteiger partial charge on any atom is 0.311 e. The normalized spacial score (nSPS) is 12.7. The number of halogens is 1. The molecule has 130 valence electrons. The van der Waals surface area contributed by atoms with Gasteiger partial charge in [0.15, 0.2) is 0 Å². The summed E-state index contributed by atoms with van der Waals surface area (Å²) in [5, 5.41) is 2.76. The van der Waals surface area contributed by atoms with Crippen molar-refractivity contribution < 1.29 is 14.3 Å². The molecule has 0 spiro atoms. The fourth-order valence-electron chi connectivity index (χ4n) is 2.19. The zero-order valence-corrected chi connectivity index (χ0v) is 14.6. The maximum absolute atomic E-state index is 12.1. The highest BCUT2D eigenvalue weighted by Crippen LogP contribution is 2.10. The molecule has 0 aliphatic rings. The lowest BCUT2D eigenvalue weighted by Gasteiger charge is -2.18. The van der Waals surface area contributed by atoms with Crippen LogP contribution in [0.1, 0.15) is 32.3 Å². The third-order valence-electron chi connectivity index (χ3n) is 3.40. The summed E-state index contributed by atoms with van der Waals surface area (Å²) in [7, 11) is 0. The molecule has 0 saturated heterocycles. The molecule has 0 aromatic heterocycles. The van der Waals surface area contributed by atoms with E-state index in [1.165, 1.54) is 0 Å². The number of nitrogens with two attached hydrogens (primary N) is 1. The highest BCUT2D eigenvalue weighted by molar-refractivity contribution is 5.85. The predicted octanol–water partition coefficient (Wildman–Crippen LogP) is 2.07. The SMILES string of the molecule is CCCC(N)C(=O)NCC(Cc1ccccc1)C(=O)OCC.Cl. The summed E-state index contributed by atoms with van der Waals surface area (Å²) in [6.45, 7) is 4.31. The van der Waals surface area contributed by atoms with E-state index in [1.54, 1.807) is 6.92 Å². The Kier molecular flexibility index (Phi) is 11.1. The minimum absolute atomic E-state index is 0. The molecule has 1 rings (SSSR count). The maximum atomic E-state index is 12.1. The molecule has 1 aromatic rings. The van der Waals surface area contributed by atoms with Gasteiger partial charge >= 0.3 is 5.97 Å². The molecule has 0 aliphatic carbocycles. The molecule has 0 bridgehead atoms. The van der Waals surface area contributed by atoms with Gasteiger partial charge in [-0.15, -0.1) is 12.4 Å². The predicted molar refractivity (Wildman–Crippen MR) is 93.4 cm³/mol. The van der Waals surface area contributed by atoms with Crippen molar-refractivity contribution in [2.24, 2.45) is 11.7 Å². The second-order valence-corrected chi connectivity index (χ2v) is 5.28.